The Labute approximate surface area is 126 Å². The molecule has 116 valence electrons. The predicted molar refractivity (Wildman–Crippen MR) is 80.9 cm³/mol. The Bertz CT molecular complexity index is 490. The van der Waals surface area contributed by atoms with Crippen LogP contribution in [0.5, 0.6) is 0 Å². The minimum atomic E-state index is -0.311. The highest BCUT2D eigenvalue weighted by Gasteiger charge is 2.24. The molecule has 1 aromatic rings. The first-order valence-corrected chi connectivity index (χ1v) is 7.66. The summed E-state index contributed by atoms with van der Waals surface area (Å²) in [6.07, 6.45) is 4.30. The SMILES string of the molecule is COCCCC1CCCN(C(=O)c2ccc(C)c(F)c2)C1. The first-order valence-electron chi connectivity index (χ1n) is 7.66. The highest BCUT2D eigenvalue weighted by Crippen LogP contribution is 2.23. The van der Waals surface area contributed by atoms with Crippen molar-refractivity contribution in [3.63, 3.8) is 0 Å². The summed E-state index contributed by atoms with van der Waals surface area (Å²) in [5.74, 6) is 0.174. The van der Waals surface area contributed by atoms with Crippen molar-refractivity contribution in [3.05, 3.63) is 35.1 Å². The average molecular weight is 293 g/mol. The molecule has 1 aliphatic rings. The lowest BCUT2D eigenvalue weighted by Gasteiger charge is -2.33. The summed E-state index contributed by atoms with van der Waals surface area (Å²) in [5, 5.41) is 0. The molecule has 4 heteroatoms. The van der Waals surface area contributed by atoms with Gasteiger partial charge < -0.3 is 9.64 Å². The second kappa shape index (κ2) is 7.55. The van der Waals surface area contributed by atoms with Gasteiger partial charge in [-0.2, -0.15) is 0 Å². The molecule has 0 N–H and O–H groups in total. The van der Waals surface area contributed by atoms with Gasteiger partial charge in [0.25, 0.3) is 5.91 Å². The number of carbonyl (C=O) groups is 1. The minimum Gasteiger partial charge on any atom is -0.385 e. The van der Waals surface area contributed by atoms with Crippen molar-refractivity contribution >= 4 is 5.91 Å². The van der Waals surface area contributed by atoms with Gasteiger partial charge in [0.1, 0.15) is 5.82 Å². The zero-order valence-corrected chi connectivity index (χ0v) is 12.9. The van der Waals surface area contributed by atoms with Gasteiger partial charge in [-0.05, 0) is 56.2 Å². The van der Waals surface area contributed by atoms with Crippen LogP contribution in [0.3, 0.4) is 0 Å². The van der Waals surface area contributed by atoms with Gasteiger partial charge in [0, 0.05) is 32.4 Å². The molecule has 2 rings (SSSR count). The van der Waals surface area contributed by atoms with Gasteiger partial charge in [-0.25, -0.2) is 4.39 Å². The number of aryl methyl sites for hydroxylation is 1. The molecule has 1 heterocycles. The van der Waals surface area contributed by atoms with E-state index in [9.17, 15) is 9.18 Å². The van der Waals surface area contributed by atoms with Gasteiger partial charge in [-0.15, -0.1) is 0 Å². The Morgan fingerprint density at radius 1 is 1.48 bits per heavy atom. The highest BCUT2D eigenvalue weighted by molar-refractivity contribution is 5.94. The Kier molecular flexibility index (Phi) is 5.74. The van der Waals surface area contributed by atoms with E-state index in [1.165, 1.54) is 6.07 Å². The maximum atomic E-state index is 13.6. The Hall–Kier alpha value is -1.42. The second-order valence-corrected chi connectivity index (χ2v) is 5.86. The molecule has 21 heavy (non-hydrogen) atoms. The summed E-state index contributed by atoms with van der Waals surface area (Å²) in [6, 6.07) is 4.74. The predicted octanol–water partition coefficient (Wildman–Crippen LogP) is 3.41. The molecule has 0 saturated carbocycles. The Balaban J connectivity index is 1.96. The molecule has 1 aromatic carbocycles. The summed E-state index contributed by atoms with van der Waals surface area (Å²) in [5.41, 5.74) is 1.03. The first-order chi connectivity index (χ1) is 10.1. The van der Waals surface area contributed by atoms with E-state index in [1.807, 2.05) is 4.90 Å². The third kappa shape index (κ3) is 4.27. The molecule has 0 aliphatic carbocycles. The van der Waals surface area contributed by atoms with Crippen LogP contribution in [-0.4, -0.2) is 37.6 Å². The molecule has 0 radical (unpaired) electrons. The number of halogens is 1. The van der Waals surface area contributed by atoms with Gasteiger partial charge in [-0.3, -0.25) is 4.79 Å². The number of benzene rings is 1. The average Bonchev–Trinajstić information content (AvgIpc) is 2.50. The van der Waals surface area contributed by atoms with Crippen LogP contribution in [0.25, 0.3) is 0 Å². The van der Waals surface area contributed by atoms with Crippen LogP contribution in [0.15, 0.2) is 18.2 Å². The third-order valence-electron chi connectivity index (χ3n) is 4.19. The molecule has 1 aliphatic heterocycles. The number of piperidine rings is 1. The van der Waals surface area contributed by atoms with Crippen LogP contribution in [0.4, 0.5) is 4.39 Å². The third-order valence-corrected chi connectivity index (χ3v) is 4.19. The van der Waals surface area contributed by atoms with Crippen molar-refractivity contribution in [1.82, 2.24) is 4.90 Å². The molecule has 0 spiro atoms. The standard InChI is InChI=1S/C17H24FNO2/c1-13-7-8-15(11-16(13)18)17(20)19-9-3-5-14(12-19)6-4-10-21-2/h7-8,11,14H,3-6,9-10,12H2,1-2H3. The quantitative estimate of drug-likeness (QED) is 0.779. The molecule has 0 bridgehead atoms. The van der Waals surface area contributed by atoms with Gasteiger partial charge in [0.2, 0.25) is 0 Å². The van der Waals surface area contributed by atoms with E-state index in [4.69, 9.17) is 4.74 Å². The Morgan fingerprint density at radius 2 is 2.29 bits per heavy atom. The van der Waals surface area contributed by atoms with Gasteiger partial charge in [0.05, 0.1) is 0 Å². The lowest BCUT2D eigenvalue weighted by molar-refractivity contribution is 0.0660. The number of rotatable bonds is 5. The van der Waals surface area contributed by atoms with Gasteiger partial charge in [-0.1, -0.05) is 6.07 Å². The summed E-state index contributed by atoms with van der Waals surface area (Å²) in [7, 11) is 1.71. The fraction of sp³-hybridized carbons (Fsp3) is 0.588. The number of nitrogens with zero attached hydrogens (tertiary/aromatic N) is 1. The molecule has 1 atom stereocenters. The van der Waals surface area contributed by atoms with E-state index in [1.54, 1.807) is 26.2 Å². The zero-order chi connectivity index (χ0) is 15.2. The van der Waals surface area contributed by atoms with Crippen molar-refractivity contribution in [2.75, 3.05) is 26.8 Å². The lowest BCUT2D eigenvalue weighted by Crippen LogP contribution is -2.40. The van der Waals surface area contributed by atoms with Gasteiger partial charge in [0.15, 0.2) is 0 Å². The van der Waals surface area contributed by atoms with E-state index in [0.717, 1.165) is 45.4 Å². The normalized spacial score (nSPS) is 18.8. The second-order valence-electron chi connectivity index (χ2n) is 5.86. The number of hydrogen-bond donors (Lipinski definition) is 0. The van der Waals surface area contributed by atoms with E-state index in [2.05, 4.69) is 0 Å². The summed E-state index contributed by atoms with van der Waals surface area (Å²) in [4.78, 5) is 14.3. The van der Waals surface area contributed by atoms with Crippen molar-refractivity contribution in [2.45, 2.75) is 32.6 Å². The van der Waals surface area contributed by atoms with E-state index in [0.29, 0.717) is 17.0 Å². The highest BCUT2D eigenvalue weighted by atomic mass is 19.1. The topological polar surface area (TPSA) is 29.5 Å². The van der Waals surface area contributed by atoms with Crippen LogP contribution in [0.1, 0.15) is 41.6 Å². The summed E-state index contributed by atoms with van der Waals surface area (Å²) in [6.45, 7) is 4.02. The van der Waals surface area contributed by atoms with Crippen molar-refractivity contribution in [3.8, 4) is 0 Å². The van der Waals surface area contributed by atoms with Crippen molar-refractivity contribution in [1.29, 1.82) is 0 Å². The molecule has 3 nitrogen and oxygen atoms in total. The van der Waals surface area contributed by atoms with E-state index < -0.39 is 0 Å². The van der Waals surface area contributed by atoms with Gasteiger partial charge >= 0.3 is 0 Å². The Morgan fingerprint density at radius 3 is 3.00 bits per heavy atom. The minimum absolute atomic E-state index is 0.0506. The number of methoxy groups -OCH3 is 1. The van der Waals surface area contributed by atoms with Crippen LogP contribution in [-0.2, 0) is 4.74 Å². The maximum absolute atomic E-state index is 13.6. The summed E-state index contributed by atoms with van der Waals surface area (Å²) >= 11 is 0. The molecule has 1 amide bonds. The fourth-order valence-corrected chi connectivity index (χ4v) is 2.91. The largest absolute Gasteiger partial charge is 0.385 e. The van der Waals surface area contributed by atoms with Crippen LogP contribution in [0, 0.1) is 18.7 Å². The molecule has 1 saturated heterocycles. The molecular formula is C17H24FNO2. The first kappa shape index (κ1) is 16.0. The van der Waals surface area contributed by atoms with Crippen LogP contribution < -0.4 is 0 Å². The van der Waals surface area contributed by atoms with Crippen LogP contribution in [0.2, 0.25) is 0 Å². The number of carbonyl (C=O) groups excluding carboxylic acids is 1. The van der Waals surface area contributed by atoms with Crippen LogP contribution >= 0.6 is 0 Å². The summed E-state index contributed by atoms with van der Waals surface area (Å²) < 4.78 is 18.7. The van der Waals surface area contributed by atoms with E-state index in [-0.39, 0.29) is 11.7 Å². The van der Waals surface area contributed by atoms with Crippen molar-refractivity contribution < 1.29 is 13.9 Å². The smallest absolute Gasteiger partial charge is 0.253 e. The number of likely N-dealkylation sites (tertiary alicyclic amines) is 1. The fourth-order valence-electron chi connectivity index (χ4n) is 2.91. The molecular weight excluding hydrogens is 269 g/mol. The van der Waals surface area contributed by atoms with E-state index >= 15 is 0 Å². The zero-order valence-electron chi connectivity index (χ0n) is 12.9. The number of hydrogen-bond acceptors (Lipinski definition) is 2. The molecule has 1 fully saturated rings. The maximum Gasteiger partial charge on any atom is 0.253 e. The molecule has 0 aromatic heterocycles. The molecule has 1 unspecified atom stereocenters. The number of amides is 1. The van der Waals surface area contributed by atoms with Crippen molar-refractivity contribution in [2.24, 2.45) is 5.92 Å². The number of ether oxygens (including phenoxy) is 1. The lowest BCUT2D eigenvalue weighted by atomic mass is 9.93. The monoisotopic (exact) mass is 293 g/mol.